The van der Waals surface area contributed by atoms with Crippen LogP contribution in [0.2, 0.25) is 0 Å². The Hall–Kier alpha value is -0.326. The summed E-state index contributed by atoms with van der Waals surface area (Å²) >= 11 is 12.9. The van der Waals surface area contributed by atoms with Crippen LogP contribution in [0.4, 0.5) is 11.4 Å². The van der Waals surface area contributed by atoms with Crippen molar-refractivity contribution < 1.29 is 16.5 Å². The molecule has 7 heteroatoms. The maximum Gasteiger partial charge on any atom is 2.00 e. The maximum atomic E-state index is 4.10. The zero-order chi connectivity index (χ0) is 14.8. The summed E-state index contributed by atoms with van der Waals surface area (Å²) in [5, 5.41) is 0. The Morgan fingerprint density at radius 2 is 0.857 bits per heavy atom. The van der Waals surface area contributed by atoms with Crippen LogP contribution in [-0.4, -0.2) is 8.75 Å². The first-order chi connectivity index (χ1) is 9.58. The van der Waals surface area contributed by atoms with Crippen molar-refractivity contribution in [1.29, 1.82) is 0 Å². The third kappa shape index (κ3) is 11.0. The molecule has 0 aromatic heterocycles. The van der Waals surface area contributed by atoms with Crippen LogP contribution in [0.15, 0.2) is 70.6 Å². The van der Waals surface area contributed by atoms with Gasteiger partial charge in [0.15, 0.2) is 0 Å². The molecule has 2 aromatic carbocycles. The molecule has 0 N–H and O–H groups in total. The first-order valence-corrected chi connectivity index (χ1v) is 7.72. The van der Waals surface area contributed by atoms with Gasteiger partial charge in [0.2, 0.25) is 0 Å². The molecule has 0 unspecified atom stereocenters. The molecule has 0 spiro atoms. The zero-order valence-electron chi connectivity index (χ0n) is 11.0. The van der Waals surface area contributed by atoms with Crippen LogP contribution in [0.25, 0.3) is 0 Å². The van der Waals surface area contributed by atoms with Crippen molar-refractivity contribution in [3.05, 3.63) is 60.7 Å². The molecule has 0 aliphatic rings. The topological polar surface area (TPSA) is 24.7 Å². The molecule has 0 amide bonds. The molecule has 0 saturated heterocycles. The molecule has 0 fully saturated rings. The summed E-state index contributed by atoms with van der Waals surface area (Å²) in [4.78, 5) is 8.21. The van der Waals surface area contributed by atoms with Gasteiger partial charge in [-0.1, -0.05) is 36.4 Å². The molecule has 2 rings (SSSR count). The van der Waals surface area contributed by atoms with Gasteiger partial charge in [-0.25, -0.2) is 0 Å². The van der Waals surface area contributed by atoms with E-state index in [0.29, 0.717) is 8.75 Å². The van der Waals surface area contributed by atoms with Crippen LogP contribution in [0.1, 0.15) is 0 Å². The van der Waals surface area contributed by atoms with E-state index >= 15 is 0 Å². The first kappa shape index (κ1) is 20.7. The molecule has 0 saturated carbocycles. The van der Waals surface area contributed by atoms with Crippen LogP contribution in [-0.2, 0) is 67.0 Å². The fourth-order valence-corrected chi connectivity index (χ4v) is 1.78. The van der Waals surface area contributed by atoms with E-state index < -0.39 is 0 Å². The molecular formula is C14H18N2NiS4+6. The second-order valence-electron chi connectivity index (χ2n) is 3.59. The fraction of sp³-hybridized carbons (Fsp3) is 0. The number of hydrogen-bond acceptors (Lipinski definition) is 2. The van der Waals surface area contributed by atoms with Crippen molar-refractivity contribution in [2.24, 2.45) is 9.98 Å². The number of nitrogens with zero attached hydrogens (tertiary/aromatic N) is 2. The van der Waals surface area contributed by atoms with Crippen molar-refractivity contribution in [1.82, 2.24) is 0 Å². The summed E-state index contributed by atoms with van der Waals surface area (Å²) in [5.74, 6) is 0. The minimum atomic E-state index is 0. The SMILES string of the molecule is [Ni+2].[SH2+]C([SH2+])=Nc1ccccc1.[SH2+]C([SH2+])=Nc1ccccc1. The minimum Gasteiger partial charge on any atom is -0.158 e. The van der Waals surface area contributed by atoms with Gasteiger partial charge in [0.05, 0.1) is 61.9 Å². The van der Waals surface area contributed by atoms with Crippen LogP contribution in [0.5, 0.6) is 0 Å². The third-order valence-corrected chi connectivity index (χ3v) is 2.44. The zero-order valence-corrected chi connectivity index (χ0v) is 16.0. The number of rotatable bonds is 2. The number of para-hydroxylation sites is 2. The maximum absolute atomic E-state index is 4.10. The van der Waals surface area contributed by atoms with E-state index in [2.05, 4.69) is 60.5 Å². The van der Waals surface area contributed by atoms with E-state index in [-0.39, 0.29) is 16.5 Å². The van der Waals surface area contributed by atoms with Gasteiger partial charge < -0.3 is 0 Å². The standard InChI is InChI=1S/2C7H7NS2.Ni/c2*9-7(10)8-6-4-2-1-3-5-6;/h2*1-5H,(H2,8,9,10);/q;;+2/p+4. The van der Waals surface area contributed by atoms with Gasteiger partial charge >= 0.3 is 25.2 Å². The molecule has 2 aromatic rings. The molecule has 21 heavy (non-hydrogen) atoms. The first-order valence-electron chi connectivity index (χ1n) is 5.72. The Balaban J connectivity index is 0.000000364. The Labute approximate surface area is 157 Å². The quantitative estimate of drug-likeness (QED) is 0.315. The van der Waals surface area contributed by atoms with Gasteiger partial charge in [0, 0.05) is 0 Å². The second kappa shape index (κ2) is 12.2. The number of aliphatic imine (C=N–C) groups is 2. The third-order valence-electron chi connectivity index (χ3n) is 1.99. The van der Waals surface area contributed by atoms with Gasteiger partial charge in [0.1, 0.15) is 0 Å². The van der Waals surface area contributed by atoms with Gasteiger partial charge in [-0.2, -0.15) is 9.98 Å². The summed E-state index contributed by atoms with van der Waals surface area (Å²) in [6.07, 6.45) is 0. The van der Waals surface area contributed by atoms with E-state index in [9.17, 15) is 0 Å². The average Bonchev–Trinajstić information content (AvgIpc) is 2.40. The molecule has 0 aliphatic heterocycles. The van der Waals surface area contributed by atoms with Crippen LogP contribution in [0.3, 0.4) is 0 Å². The molecular weight excluding hydrogens is 383 g/mol. The normalized spacial score (nSPS) is 8.57. The summed E-state index contributed by atoms with van der Waals surface area (Å²) in [6, 6.07) is 19.4. The Kier molecular flexibility index (Phi) is 12.1. The van der Waals surface area contributed by atoms with Crippen molar-refractivity contribution in [3.63, 3.8) is 0 Å². The summed E-state index contributed by atoms with van der Waals surface area (Å²) in [7, 11) is 0. The van der Waals surface area contributed by atoms with Crippen LogP contribution in [0, 0.1) is 0 Å². The molecule has 0 bridgehead atoms. The largest absolute Gasteiger partial charge is 2.00 e. The van der Waals surface area contributed by atoms with Crippen LogP contribution >= 0.6 is 0 Å². The van der Waals surface area contributed by atoms with Crippen LogP contribution < -0.4 is 0 Å². The molecule has 0 heterocycles. The summed E-state index contributed by atoms with van der Waals surface area (Å²) in [6.45, 7) is 0. The Bertz CT molecular complexity index is 513. The van der Waals surface area contributed by atoms with E-state index in [1.54, 1.807) is 0 Å². The molecule has 2 nitrogen and oxygen atoms in total. The molecule has 0 radical (unpaired) electrons. The second-order valence-corrected chi connectivity index (χ2v) is 6.49. The van der Waals surface area contributed by atoms with Gasteiger partial charge in [-0.15, -0.1) is 0 Å². The number of benzene rings is 2. The fourth-order valence-electron chi connectivity index (χ4n) is 1.26. The van der Waals surface area contributed by atoms with Crippen molar-refractivity contribution in [2.75, 3.05) is 0 Å². The molecule has 0 atom stereocenters. The molecule has 0 aliphatic carbocycles. The molecule has 112 valence electrons. The average molecular weight is 401 g/mol. The predicted molar refractivity (Wildman–Crippen MR) is 108 cm³/mol. The van der Waals surface area contributed by atoms with Gasteiger partial charge in [-0.05, 0) is 24.3 Å². The van der Waals surface area contributed by atoms with Crippen molar-refractivity contribution in [2.45, 2.75) is 0 Å². The van der Waals surface area contributed by atoms with E-state index in [1.165, 1.54) is 0 Å². The summed E-state index contributed by atoms with van der Waals surface area (Å²) in [5.41, 5.74) is 1.87. The van der Waals surface area contributed by atoms with E-state index in [0.717, 1.165) is 11.4 Å². The minimum absolute atomic E-state index is 0. The number of hydrogen-bond donors (Lipinski definition) is 0. The Morgan fingerprint density at radius 3 is 1.10 bits per heavy atom. The summed E-state index contributed by atoms with van der Waals surface area (Å²) < 4.78 is 1.40. The van der Waals surface area contributed by atoms with E-state index in [1.807, 2.05) is 60.7 Å². The smallest absolute Gasteiger partial charge is 0.158 e. The monoisotopic (exact) mass is 400 g/mol. The Morgan fingerprint density at radius 1 is 0.571 bits per heavy atom. The van der Waals surface area contributed by atoms with Gasteiger partial charge in [0.25, 0.3) is 0 Å². The van der Waals surface area contributed by atoms with Crippen molar-refractivity contribution >= 4 is 70.6 Å². The van der Waals surface area contributed by atoms with E-state index in [4.69, 9.17) is 0 Å². The van der Waals surface area contributed by atoms with Gasteiger partial charge in [-0.3, -0.25) is 0 Å². The predicted octanol–water partition coefficient (Wildman–Crippen LogP) is 1.39. The van der Waals surface area contributed by atoms with Crippen molar-refractivity contribution in [3.8, 4) is 0 Å².